The van der Waals surface area contributed by atoms with Crippen molar-refractivity contribution in [1.82, 2.24) is 25.1 Å². The van der Waals surface area contributed by atoms with Gasteiger partial charge in [0.2, 0.25) is 5.16 Å². The molecule has 11 nitrogen and oxygen atoms in total. The van der Waals surface area contributed by atoms with Crippen LogP contribution in [0, 0.1) is 10.1 Å². The van der Waals surface area contributed by atoms with Crippen LogP contribution in [0.4, 0.5) is 11.4 Å². The van der Waals surface area contributed by atoms with Crippen molar-refractivity contribution in [2.45, 2.75) is 10.1 Å². The molecule has 0 saturated carbocycles. The fraction of sp³-hybridized carbons (Fsp3) is 0.167. The van der Waals surface area contributed by atoms with E-state index in [4.69, 9.17) is 0 Å². The fourth-order valence-corrected chi connectivity index (χ4v) is 3.30. The molecule has 1 aromatic heterocycles. The van der Waals surface area contributed by atoms with E-state index in [0.29, 0.717) is 21.3 Å². The van der Waals surface area contributed by atoms with Crippen molar-refractivity contribution in [2.75, 3.05) is 19.4 Å². The van der Waals surface area contributed by atoms with Gasteiger partial charge in [0, 0.05) is 49.4 Å². The van der Waals surface area contributed by atoms with Crippen LogP contribution in [0.5, 0.6) is 0 Å². The first-order valence-electron chi connectivity index (χ1n) is 8.58. The summed E-state index contributed by atoms with van der Waals surface area (Å²) in [5, 5.41) is 25.4. The van der Waals surface area contributed by atoms with E-state index in [1.165, 1.54) is 27.8 Å². The lowest BCUT2D eigenvalue weighted by atomic mass is 10.1. The van der Waals surface area contributed by atoms with Gasteiger partial charge in [0.15, 0.2) is 0 Å². The van der Waals surface area contributed by atoms with E-state index in [9.17, 15) is 19.7 Å². The van der Waals surface area contributed by atoms with E-state index in [1.807, 2.05) is 0 Å². The molecule has 0 radical (unpaired) electrons. The van der Waals surface area contributed by atoms with Gasteiger partial charge in [-0.1, -0.05) is 0 Å². The lowest BCUT2D eigenvalue weighted by Gasteiger charge is -2.12. The lowest BCUT2D eigenvalue weighted by molar-refractivity contribution is -0.384. The lowest BCUT2D eigenvalue weighted by Crippen LogP contribution is -2.21. The molecule has 0 fully saturated rings. The highest BCUT2D eigenvalue weighted by molar-refractivity contribution is 7.99. The van der Waals surface area contributed by atoms with Crippen LogP contribution < -0.4 is 5.32 Å². The number of non-ortho nitro benzene ring substituents is 1. The minimum Gasteiger partial charge on any atom is -0.345 e. The maximum atomic E-state index is 12.9. The number of anilines is 1. The standard InChI is InChI=1S/C18H17N7O4S/c1-23(2)17(27)11-4-6-12(7-5-11)19-16(26)14-10-13(25(28)29)8-9-15(14)30-18-20-21-22-24(18)3/h4-10H,1-3H3,(H,19,26). The summed E-state index contributed by atoms with van der Waals surface area (Å²) in [6, 6.07) is 10.3. The Morgan fingerprint density at radius 1 is 1.17 bits per heavy atom. The summed E-state index contributed by atoms with van der Waals surface area (Å²) in [7, 11) is 4.93. The molecule has 0 saturated heterocycles. The second kappa shape index (κ2) is 8.69. The second-order valence-corrected chi connectivity index (χ2v) is 7.36. The van der Waals surface area contributed by atoms with Crippen LogP contribution in [0.15, 0.2) is 52.5 Å². The number of aromatic nitrogens is 4. The number of nitrogens with one attached hydrogen (secondary N) is 1. The zero-order valence-corrected chi connectivity index (χ0v) is 17.1. The molecular weight excluding hydrogens is 410 g/mol. The molecule has 30 heavy (non-hydrogen) atoms. The van der Waals surface area contributed by atoms with E-state index in [-0.39, 0.29) is 17.2 Å². The van der Waals surface area contributed by atoms with Gasteiger partial charge in [0.25, 0.3) is 17.5 Å². The van der Waals surface area contributed by atoms with Gasteiger partial charge in [-0.2, -0.15) is 0 Å². The first kappa shape index (κ1) is 20.9. The van der Waals surface area contributed by atoms with E-state index < -0.39 is 10.8 Å². The van der Waals surface area contributed by atoms with Crippen molar-refractivity contribution in [2.24, 2.45) is 7.05 Å². The minimum absolute atomic E-state index is 0.102. The largest absolute Gasteiger partial charge is 0.345 e. The number of tetrazole rings is 1. The van der Waals surface area contributed by atoms with Crippen LogP contribution in [0.2, 0.25) is 0 Å². The van der Waals surface area contributed by atoms with Crippen molar-refractivity contribution in [3.05, 3.63) is 63.7 Å². The number of carbonyl (C=O) groups excluding carboxylic acids is 2. The molecule has 0 aliphatic heterocycles. The number of nitrogens with zero attached hydrogens (tertiary/aromatic N) is 6. The number of aryl methyl sites for hydroxylation is 1. The summed E-state index contributed by atoms with van der Waals surface area (Å²) in [6.07, 6.45) is 0. The highest BCUT2D eigenvalue weighted by atomic mass is 32.2. The van der Waals surface area contributed by atoms with Crippen LogP contribution in [0.1, 0.15) is 20.7 Å². The quantitative estimate of drug-likeness (QED) is 0.467. The van der Waals surface area contributed by atoms with Crippen molar-refractivity contribution in [1.29, 1.82) is 0 Å². The average molecular weight is 427 g/mol. The molecule has 154 valence electrons. The summed E-state index contributed by atoms with van der Waals surface area (Å²) in [5.41, 5.74) is 0.802. The second-order valence-electron chi connectivity index (χ2n) is 6.36. The van der Waals surface area contributed by atoms with Crippen LogP contribution in [0.25, 0.3) is 0 Å². The Labute approximate surface area is 175 Å². The molecule has 0 unspecified atom stereocenters. The van der Waals surface area contributed by atoms with Crippen molar-refractivity contribution >= 4 is 35.0 Å². The number of hydrogen-bond donors (Lipinski definition) is 1. The Morgan fingerprint density at radius 2 is 1.87 bits per heavy atom. The number of hydrogen-bond acceptors (Lipinski definition) is 8. The number of benzene rings is 2. The Kier molecular flexibility index (Phi) is 6.06. The molecular formula is C18H17N7O4S. The van der Waals surface area contributed by atoms with E-state index in [0.717, 1.165) is 11.8 Å². The monoisotopic (exact) mass is 427 g/mol. The number of amides is 2. The molecule has 3 rings (SSSR count). The Hall–Kier alpha value is -3.80. The molecule has 0 aliphatic carbocycles. The summed E-state index contributed by atoms with van der Waals surface area (Å²) >= 11 is 1.11. The highest BCUT2D eigenvalue weighted by Crippen LogP contribution is 2.31. The SMILES string of the molecule is CN(C)C(=O)c1ccc(NC(=O)c2cc([N+](=O)[O-])ccc2Sc2nnnn2C)cc1. The smallest absolute Gasteiger partial charge is 0.270 e. The number of nitro benzene ring substituents is 1. The van der Waals surface area contributed by atoms with Crippen molar-refractivity contribution in [3.63, 3.8) is 0 Å². The van der Waals surface area contributed by atoms with Gasteiger partial charge in [-0.05, 0) is 52.5 Å². The third kappa shape index (κ3) is 4.60. The molecule has 0 aliphatic rings. The zero-order valence-electron chi connectivity index (χ0n) is 16.3. The molecule has 0 bridgehead atoms. The normalized spacial score (nSPS) is 10.5. The predicted molar refractivity (Wildman–Crippen MR) is 108 cm³/mol. The number of carbonyl (C=O) groups is 2. The van der Waals surface area contributed by atoms with Gasteiger partial charge < -0.3 is 10.2 Å². The first-order chi connectivity index (χ1) is 14.3. The third-order valence-corrected chi connectivity index (χ3v) is 5.10. The van der Waals surface area contributed by atoms with E-state index in [1.54, 1.807) is 45.4 Å². The summed E-state index contributed by atoms with van der Waals surface area (Å²) < 4.78 is 1.42. The van der Waals surface area contributed by atoms with Gasteiger partial charge in [-0.3, -0.25) is 19.7 Å². The number of rotatable bonds is 6. The average Bonchev–Trinajstić information content (AvgIpc) is 3.12. The van der Waals surface area contributed by atoms with Crippen molar-refractivity contribution < 1.29 is 14.5 Å². The molecule has 1 heterocycles. The molecule has 0 atom stereocenters. The predicted octanol–water partition coefficient (Wildman–Crippen LogP) is 2.22. The van der Waals surface area contributed by atoms with Crippen LogP contribution in [0.3, 0.4) is 0 Å². The van der Waals surface area contributed by atoms with Gasteiger partial charge in [-0.25, -0.2) is 4.68 Å². The van der Waals surface area contributed by atoms with Gasteiger partial charge in [0.1, 0.15) is 0 Å². The molecule has 2 amide bonds. The maximum absolute atomic E-state index is 12.9. The molecule has 1 N–H and O–H groups in total. The zero-order chi connectivity index (χ0) is 21.8. The Bertz CT molecular complexity index is 1110. The summed E-state index contributed by atoms with van der Waals surface area (Å²) in [5.74, 6) is -0.703. The fourth-order valence-electron chi connectivity index (χ4n) is 2.46. The summed E-state index contributed by atoms with van der Waals surface area (Å²) in [4.78, 5) is 37.3. The molecule has 12 heteroatoms. The first-order valence-corrected chi connectivity index (χ1v) is 9.39. The molecule has 0 spiro atoms. The molecule has 3 aromatic rings. The minimum atomic E-state index is -0.573. The third-order valence-electron chi connectivity index (χ3n) is 4.00. The van der Waals surface area contributed by atoms with E-state index >= 15 is 0 Å². The van der Waals surface area contributed by atoms with E-state index in [2.05, 4.69) is 20.8 Å². The van der Waals surface area contributed by atoms with Crippen molar-refractivity contribution in [3.8, 4) is 0 Å². The van der Waals surface area contributed by atoms with Crippen LogP contribution >= 0.6 is 11.8 Å². The topological polar surface area (TPSA) is 136 Å². The highest BCUT2D eigenvalue weighted by Gasteiger charge is 2.19. The summed E-state index contributed by atoms with van der Waals surface area (Å²) in [6.45, 7) is 0. The maximum Gasteiger partial charge on any atom is 0.270 e. The van der Waals surface area contributed by atoms with Crippen LogP contribution in [-0.4, -0.2) is 55.9 Å². The Balaban J connectivity index is 1.88. The van der Waals surface area contributed by atoms with Gasteiger partial charge in [0.05, 0.1) is 10.5 Å². The number of nitro groups is 1. The van der Waals surface area contributed by atoms with Crippen LogP contribution in [-0.2, 0) is 7.05 Å². The molecule has 2 aromatic carbocycles. The van der Waals surface area contributed by atoms with Gasteiger partial charge in [-0.15, -0.1) is 5.10 Å². The Morgan fingerprint density at radius 3 is 2.43 bits per heavy atom. The van der Waals surface area contributed by atoms with Gasteiger partial charge >= 0.3 is 0 Å².